The summed E-state index contributed by atoms with van der Waals surface area (Å²) >= 11 is 5.71. The minimum Gasteiger partial charge on any atom is -0.386 e. The molecule has 16 heavy (non-hydrogen) atoms. The van der Waals surface area contributed by atoms with Crippen molar-refractivity contribution in [1.82, 2.24) is 4.90 Å². The number of amides is 1. The van der Waals surface area contributed by atoms with Crippen LogP contribution in [-0.2, 0) is 5.88 Å². The van der Waals surface area contributed by atoms with Crippen molar-refractivity contribution in [3.63, 3.8) is 0 Å². The molecule has 1 saturated heterocycles. The van der Waals surface area contributed by atoms with Crippen LogP contribution in [0.3, 0.4) is 0 Å². The second-order valence-electron chi connectivity index (χ2n) is 4.49. The molecular formula is C12H14ClNO2. The maximum absolute atomic E-state index is 12.0. The Balaban J connectivity index is 2.10. The van der Waals surface area contributed by atoms with Gasteiger partial charge in [0, 0.05) is 11.4 Å². The van der Waals surface area contributed by atoms with E-state index in [1.54, 1.807) is 24.0 Å². The van der Waals surface area contributed by atoms with Gasteiger partial charge in [0.1, 0.15) is 0 Å². The first-order valence-electron chi connectivity index (χ1n) is 5.18. The van der Waals surface area contributed by atoms with Crippen LogP contribution in [0.4, 0.5) is 0 Å². The number of carbonyl (C=O) groups is 1. The fraction of sp³-hybridized carbons (Fsp3) is 0.417. The third-order valence-electron chi connectivity index (χ3n) is 2.68. The molecule has 86 valence electrons. The summed E-state index contributed by atoms with van der Waals surface area (Å²) in [5.41, 5.74) is 0.841. The number of aliphatic hydroxyl groups is 1. The van der Waals surface area contributed by atoms with Gasteiger partial charge in [0.05, 0.1) is 18.7 Å². The van der Waals surface area contributed by atoms with E-state index in [9.17, 15) is 9.90 Å². The highest BCUT2D eigenvalue weighted by atomic mass is 35.5. The van der Waals surface area contributed by atoms with Crippen molar-refractivity contribution < 1.29 is 9.90 Å². The largest absolute Gasteiger partial charge is 0.386 e. The molecule has 1 aromatic carbocycles. The quantitative estimate of drug-likeness (QED) is 0.797. The first-order valence-corrected chi connectivity index (χ1v) is 5.72. The molecule has 0 unspecified atom stereocenters. The van der Waals surface area contributed by atoms with E-state index in [-0.39, 0.29) is 5.91 Å². The lowest BCUT2D eigenvalue weighted by Gasteiger charge is -2.44. The number of carbonyl (C=O) groups excluding carboxylic acids is 1. The summed E-state index contributed by atoms with van der Waals surface area (Å²) in [6.07, 6.45) is 0. The predicted octanol–water partition coefficient (Wildman–Crippen LogP) is 1.63. The molecule has 0 spiro atoms. The van der Waals surface area contributed by atoms with Gasteiger partial charge in [-0.2, -0.15) is 0 Å². The van der Waals surface area contributed by atoms with E-state index in [2.05, 4.69) is 0 Å². The summed E-state index contributed by atoms with van der Waals surface area (Å²) < 4.78 is 0. The monoisotopic (exact) mass is 239 g/mol. The average Bonchev–Trinajstić information content (AvgIpc) is 2.25. The van der Waals surface area contributed by atoms with Crippen molar-refractivity contribution in [2.75, 3.05) is 13.1 Å². The molecule has 0 saturated carbocycles. The standard InChI is InChI=1S/C12H14ClNO2/c1-12(16)7-14(8-12)11(15)10-4-2-3-9(5-10)6-13/h2-5,16H,6-8H2,1H3. The summed E-state index contributed by atoms with van der Waals surface area (Å²) in [4.78, 5) is 13.6. The van der Waals surface area contributed by atoms with Crippen LogP contribution in [0.25, 0.3) is 0 Å². The normalized spacial score (nSPS) is 18.1. The van der Waals surface area contributed by atoms with Gasteiger partial charge in [-0.25, -0.2) is 0 Å². The average molecular weight is 240 g/mol. The highest BCUT2D eigenvalue weighted by Crippen LogP contribution is 2.22. The van der Waals surface area contributed by atoms with Crippen LogP contribution in [0.1, 0.15) is 22.8 Å². The van der Waals surface area contributed by atoms with E-state index in [0.29, 0.717) is 24.5 Å². The number of alkyl halides is 1. The number of hydrogen-bond donors (Lipinski definition) is 1. The molecule has 0 aromatic heterocycles. The van der Waals surface area contributed by atoms with Gasteiger partial charge >= 0.3 is 0 Å². The third kappa shape index (κ3) is 2.20. The second-order valence-corrected chi connectivity index (χ2v) is 4.76. The lowest BCUT2D eigenvalue weighted by atomic mass is 9.95. The zero-order chi connectivity index (χ0) is 11.8. The highest BCUT2D eigenvalue weighted by Gasteiger charge is 2.39. The number of rotatable bonds is 2. The fourth-order valence-corrected chi connectivity index (χ4v) is 2.06. The molecule has 1 N–H and O–H groups in total. The van der Waals surface area contributed by atoms with Crippen LogP contribution >= 0.6 is 11.6 Å². The minimum atomic E-state index is -0.722. The van der Waals surface area contributed by atoms with Gasteiger partial charge in [-0.3, -0.25) is 4.79 Å². The number of likely N-dealkylation sites (tertiary alicyclic amines) is 1. The zero-order valence-electron chi connectivity index (χ0n) is 9.11. The van der Waals surface area contributed by atoms with Crippen molar-refractivity contribution in [2.45, 2.75) is 18.4 Å². The highest BCUT2D eigenvalue weighted by molar-refractivity contribution is 6.17. The maximum atomic E-state index is 12.0. The molecule has 1 heterocycles. The summed E-state index contributed by atoms with van der Waals surface area (Å²) in [6.45, 7) is 2.53. The molecule has 1 amide bonds. The summed E-state index contributed by atoms with van der Waals surface area (Å²) in [5.74, 6) is 0.359. The van der Waals surface area contributed by atoms with Gasteiger partial charge in [0.15, 0.2) is 0 Å². The van der Waals surface area contributed by atoms with Gasteiger partial charge in [0.25, 0.3) is 5.91 Å². The van der Waals surface area contributed by atoms with E-state index < -0.39 is 5.60 Å². The first kappa shape index (κ1) is 11.4. The lowest BCUT2D eigenvalue weighted by molar-refractivity contribution is -0.0668. The topological polar surface area (TPSA) is 40.5 Å². The summed E-state index contributed by atoms with van der Waals surface area (Å²) in [5, 5.41) is 9.57. The fourth-order valence-electron chi connectivity index (χ4n) is 1.89. The van der Waals surface area contributed by atoms with Gasteiger partial charge in [0.2, 0.25) is 0 Å². The second kappa shape index (κ2) is 4.07. The number of nitrogens with zero attached hydrogens (tertiary/aromatic N) is 1. The van der Waals surface area contributed by atoms with Crippen LogP contribution < -0.4 is 0 Å². The smallest absolute Gasteiger partial charge is 0.254 e. The Bertz CT molecular complexity index is 409. The van der Waals surface area contributed by atoms with Gasteiger partial charge < -0.3 is 10.0 Å². The molecule has 4 heteroatoms. The van der Waals surface area contributed by atoms with Crippen LogP contribution in [0.15, 0.2) is 24.3 Å². The summed E-state index contributed by atoms with van der Waals surface area (Å²) in [7, 11) is 0. The van der Waals surface area contributed by atoms with Crippen molar-refractivity contribution in [3.8, 4) is 0 Å². The minimum absolute atomic E-state index is 0.0431. The number of β-amino-alcohol motifs (C(OH)–C–C–N with tert-alkyl or cyclic N) is 1. The SMILES string of the molecule is CC1(O)CN(C(=O)c2cccc(CCl)c2)C1. The van der Waals surface area contributed by atoms with Crippen molar-refractivity contribution >= 4 is 17.5 Å². The van der Waals surface area contributed by atoms with E-state index in [1.807, 2.05) is 12.1 Å². The molecule has 0 atom stereocenters. The number of benzene rings is 1. The molecule has 3 nitrogen and oxygen atoms in total. The Labute approximate surface area is 99.6 Å². The Kier molecular flexibility index (Phi) is 2.91. The van der Waals surface area contributed by atoms with E-state index in [4.69, 9.17) is 11.6 Å². The molecule has 2 rings (SSSR count). The van der Waals surface area contributed by atoms with E-state index in [1.165, 1.54) is 0 Å². The maximum Gasteiger partial charge on any atom is 0.254 e. The van der Waals surface area contributed by atoms with Crippen LogP contribution in [0.2, 0.25) is 0 Å². The van der Waals surface area contributed by atoms with Crippen LogP contribution in [0, 0.1) is 0 Å². The van der Waals surface area contributed by atoms with Gasteiger partial charge in [-0.1, -0.05) is 12.1 Å². The molecule has 1 fully saturated rings. The van der Waals surface area contributed by atoms with Gasteiger partial charge in [-0.05, 0) is 24.6 Å². The Hall–Kier alpha value is -1.06. The molecule has 1 aliphatic heterocycles. The first-order chi connectivity index (χ1) is 7.52. The Morgan fingerprint density at radius 3 is 2.81 bits per heavy atom. The predicted molar refractivity (Wildman–Crippen MR) is 62.5 cm³/mol. The molecule has 0 radical (unpaired) electrons. The van der Waals surface area contributed by atoms with Crippen molar-refractivity contribution in [3.05, 3.63) is 35.4 Å². The van der Waals surface area contributed by atoms with Crippen LogP contribution in [0.5, 0.6) is 0 Å². The molecule has 0 bridgehead atoms. The van der Waals surface area contributed by atoms with Crippen LogP contribution in [-0.4, -0.2) is 34.6 Å². The lowest BCUT2D eigenvalue weighted by Crippen LogP contribution is -2.61. The van der Waals surface area contributed by atoms with E-state index in [0.717, 1.165) is 5.56 Å². The molecule has 1 aromatic rings. The zero-order valence-corrected chi connectivity index (χ0v) is 9.87. The Morgan fingerprint density at radius 1 is 1.56 bits per heavy atom. The molecule has 0 aliphatic carbocycles. The Morgan fingerprint density at radius 2 is 2.25 bits per heavy atom. The van der Waals surface area contributed by atoms with Crippen molar-refractivity contribution in [1.29, 1.82) is 0 Å². The number of hydrogen-bond acceptors (Lipinski definition) is 2. The molecular weight excluding hydrogens is 226 g/mol. The van der Waals surface area contributed by atoms with Crippen molar-refractivity contribution in [2.24, 2.45) is 0 Å². The number of halogens is 1. The molecule has 1 aliphatic rings. The van der Waals surface area contributed by atoms with E-state index >= 15 is 0 Å². The van der Waals surface area contributed by atoms with Gasteiger partial charge in [-0.15, -0.1) is 11.6 Å². The third-order valence-corrected chi connectivity index (χ3v) is 2.99. The summed E-state index contributed by atoms with van der Waals surface area (Å²) in [6, 6.07) is 7.27.